The van der Waals surface area contributed by atoms with Gasteiger partial charge in [-0.05, 0) is 12.5 Å². The van der Waals surface area contributed by atoms with Crippen molar-refractivity contribution in [2.45, 2.75) is 19.0 Å². The van der Waals surface area contributed by atoms with Gasteiger partial charge in [-0.1, -0.05) is 0 Å². The number of rotatable bonds is 5. The minimum Gasteiger partial charge on any atom is -0.370 e. The molecule has 0 saturated carbocycles. The summed E-state index contributed by atoms with van der Waals surface area (Å²) in [4.78, 5) is 13.4. The lowest BCUT2D eigenvalue weighted by molar-refractivity contribution is -0.385. The number of alkyl halides is 3. The summed E-state index contributed by atoms with van der Waals surface area (Å²) in [6.45, 7) is 0.00912. The normalized spacial score (nSPS) is 10.8. The first kappa shape index (κ1) is 14.7. The zero-order chi connectivity index (χ0) is 14.5. The third-order valence-corrected chi connectivity index (χ3v) is 2.12. The Morgan fingerprint density at radius 3 is 2.68 bits per heavy atom. The van der Waals surface area contributed by atoms with Crippen LogP contribution in [0.2, 0.25) is 0 Å². The van der Waals surface area contributed by atoms with Gasteiger partial charge in [-0.15, -0.1) is 0 Å². The molecule has 0 bridgehead atoms. The van der Waals surface area contributed by atoms with Crippen LogP contribution in [0.15, 0.2) is 12.1 Å². The van der Waals surface area contributed by atoms with Gasteiger partial charge >= 0.3 is 11.9 Å². The Labute approximate surface area is 106 Å². The molecule has 1 aromatic rings. The van der Waals surface area contributed by atoms with E-state index in [9.17, 15) is 23.3 Å². The van der Waals surface area contributed by atoms with Crippen molar-refractivity contribution < 1.29 is 18.1 Å². The summed E-state index contributed by atoms with van der Waals surface area (Å²) in [6, 6.07) is 3.88. The van der Waals surface area contributed by atoms with Crippen LogP contribution in [0.1, 0.15) is 18.5 Å². The molecular formula is C10H9F3N4O2. The van der Waals surface area contributed by atoms with Crippen LogP contribution in [0.25, 0.3) is 0 Å². The molecule has 0 aliphatic heterocycles. The van der Waals surface area contributed by atoms with Crippen LogP contribution in [0.5, 0.6) is 0 Å². The van der Waals surface area contributed by atoms with Gasteiger partial charge in [0.05, 0.1) is 4.92 Å². The number of nitrogens with one attached hydrogen (secondary N) is 1. The molecule has 0 saturated heterocycles. The molecule has 0 fully saturated rings. The standard InChI is InChI=1S/C10H9F3N4O2/c11-10(12,13)4-1-5-15-9-3-2-8(17(18)19)7(6-14)16-9/h2-3H,1,4-5H2,(H,15,16). The number of aromatic nitrogens is 1. The predicted molar refractivity (Wildman–Crippen MR) is 59.4 cm³/mol. The zero-order valence-electron chi connectivity index (χ0n) is 9.57. The lowest BCUT2D eigenvalue weighted by Gasteiger charge is -2.07. The van der Waals surface area contributed by atoms with Crippen molar-refractivity contribution >= 4 is 11.5 Å². The van der Waals surface area contributed by atoms with Crippen molar-refractivity contribution in [1.29, 1.82) is 5.26 Å². The summed E-state index contributed by atoms with van der Waals surface area (Å²) in [6.07, 6.45) is -5.30. The van der Waals surface area contributed by atoms with Gasteiger partial charge in [0.1, 0.15) is 11.9 Å². The molecule has 0 spiro atoms. The average Bonchev–Trinajstić information content (AvgIpc) is 2.33. The number of nitro groups is 1. The third-order valence-electron chi connectivity index (χ3n) is 2.12. The van der Waals surface area contributed by atoms with Crippen molar-refractivity contribution in [3.05, 3.63) is 27.9 Å². The van der Waals surface area contributed by atoms with E-state index in [-0.39, 0.29) is 24.5 Å². The highest BCUT2D eigenvalue weighted by atomic mass is 19.4. The molecule has 1 aromatic heterocycles. The van der Waals surface area contributed by atoms with Crippen molar-refractivity contribution in [1.82, 2.24) is 4.98 Å². The number of pyridine rings is 1. The Bertz CT molecular complexity index is 510. The van der Waals surface area contributed by atoms with Crippen LogP contribution in [0.4, 0.5) is 24.7 Å². The van der Waals surface area contributed by atoms with Crippen molar-refractivity contribution in [2.24, 2.45) is 0 Å². The summed E-state index contributed by atoms with van der Waals surface area (Å²) >= 11 is 0. The lowest BCUT2D eigenvalue weighted by Crippen LogP contribution is -2.11. The Balaban J connectivity index is 2.61. The fraction of sp³-hybridized carbons (Fsp3) is 0.400. The van der Waals surface area contributed by atoms with Crippen LogP contribution in [-0.2, 0) is 0 Å². The monoisotopic (exact) mass is 274 g/mol. The number of nitriles is 1. The summed E-state index contributed by atoms with van der Waals surface area (Å²) in [5.74, 6) is 0.129. The summed E-state index contributed by atoms with van der Waals surface area (Å²) in [5.41, 5.74) is -0.825. The average molecular weight is 274 g/mol. The van der Waals surface area contributed by atoms with E-state index in [2.05, 4.69) is 10.3 Å². The fourth-order valence-electron chi connectivity index (χ4n) is 1.29. The molecule has 0 amide bonds. The molecule has 1 heterocycles. The smallest absolute Gasteiger partial charge is 0.370 e. The second-order valence-corrected chi connectivity index (χ2v) is 3.58. The topological polar surface area (TPSA) is 91.8 Å². The molecule has 9 heteroatoms. The SMILES string of the molecule is N#Cc1nc(NCCCC(F)(F)F)ccc1[N+](=O)[O-]. The van der Waals surface area contributed by atoms with Gasteiger partial charge in [0, 0.05) is 19.0 Å². The van der Waals surface area contributed by atoms with E-state index in [1.165, 1.54) is 6.07 Å². The van der Waals surface area contributed by atoms with Gasteiger partial charge in [0.2, 0.25) is 5.69 Å². The van der Waals surface area contributed by atoms with Gasteiger partial charge in [-0.25, -0.2) is 4.98 Å². The van der Waals surface area contributed by atoms with Crippen LogP contribution in [0, 0.1) is 21.4 Å². The Hall–Kier alpha value is -2.37. The highest BCUT2D eigenvalue weighted by Gasteiger charge is 2.25. The van der Waals surface area contributed by atoms with Crippen LogP contribution in [0.3, 0.4) is 0 Å². The van der Waals surface area contributed by atoms with E-state index in [4.69, 9.17) is 5.26 Å². The first-order valence-electron chi connectivity index (χ1n) is 5.19. The minimum atomic E-state index is -4.22. The van der Waals surface area contributed by atoms with E-state index >= 15 is 0 Å². The molecule has 1 N–H and O–H groups in total. The molecular weight excluding hydrogens is 265 g/mol. The van der Waals surface area contributed by atoms with Gasteiger partial charge in [0.25, 0.3) is 0 Å². The van der Waals surface area contributed by atoms with E-state index in [0.29, 0.717) is 0 Å². The minimum absolute atomic E-state index is 0.00912. The summed E-state index contributed by atoms with van der Waals surface area (Å²) < 4.78 is 35.6. The first-order chi connectivity index (χ1) is 8.83. The fourth-order valence-corrected chi connectivity index (χ4v) is 1.29. The molecule has 0 aromatic carbocycles. The van der Waals surface area contributed by atoms with Crippen LogP contribution in [-0.4, -0.2) is 22.6 Å². The molecule has 1 rings (SSSR count). The highest BCUT2D eigenvalue weighted by molar-refractivity contribution is 5.50. The van der Waals surface area contributed by atoms with Crippen LogP contribution < -0.4 is 5.32 Å². The number of anilines is 1. The highest BCUT2D eigenvalue weighted by Crippen LogP contribution is 2.21. The van der Waals surface area contributed by atoms with Gasteiger partial charge in [-0.2, -0.15) is 18.4 Å². The summed E-state index contributed by atoms with van der Waals surface area (Å²) in [7, 11) is 0. The molecule has 0 radical (unpaired) electrons. The maximum atomic E-state index is 11.9. The molecule has 0 atom stereocenters. The number of halogens is 3. The van der Waals surface area contributed by atoms with Crippen molar-refractivity contribution in [2.75, 3.05) is 11.9 Å². The van der Waals surface area contributed by atoms with Gasteiger partial charge in [0.15, 0.2) is 0 Å². The zero-order valence-corrected chi connectivity index (χ0v) is 9.57. The van der Waals surface area contributed by atoms with Crippen molar-refractivity contribution in [3.63, 3.8) is 0 Å². The Morgan fingerprint density at radius 2 is 2.16 bits per heavy atom. The van der Waals surface area contributed by atoms with Crippen molar-refractivity contribution in [3.8, 4) is 6.07 Å². The molecule has 0 unspecified atom stereocenters. The van der Waals surface area contributed by atoms with Gasteiger partial charge < -0.3 is 5.32 Å². The largest absolute Gasteiger partial charge is 0.389 e. The first-order valence-corrected chi connectivity index (χ1v) is 5.19. The second kappa shape index (κ2) is 5.99. The van der Waals surface area contributed by atoms with E-state index in [0.717, 1.165) is 6.07 Å². The predicted octanol–water partition coefficient (Wildman–Crippen LogP) is 2.62. The second-order valence-electron chi connectivity index (χ2n) is 3.58. The van der Waals surface area contributed by atoms with Gasteiger partial charge in [-0.3, -0.25) is 10.1 Å². The Morgan fingerprint density at radius 1 is 1.47 bits per heavy atom. The molecule has 6 nitrogen and oxygen atoms in total. The van der Waals surface area contributed by atoms with Crippen LogP contribution >= 0.6 is 0 Å². The number of hydrogen-bond acceptors (Lipinski definition) is 5. The molecule has 0 aliphatic rings. The Kier molecular flexibility index (Phi) is 4.63. The maximum absolute atomic E-state index is 11.9. The molecule has 102 valence electrons. The maximum Gasteiger partial charge on any atom is 0.389 e. The van der Waals surface area contributed by atoms with E-state index in [1.807, 2.05) is 0 Å². The van der Waals surface area contributed by atoms with E-state index < -0.39 is 23.2 Å². The molecule has 0 aliphatic carbocycles. The molecule has 19 heavy (non-hydrogen) atoms. The number of nitrogens with zero attached hydrogens (tertiary/aromatic N) is 3. The lowest BCUT2D eigenvalue weighted by atomic mass is 10.3. The quantitative estimate of drug-likeness (QED) is 0.506. The third kappa shape index (κ3) is 4.79. The number of hydrogen-bond donors (Lipinski definition) is 1. The van der Waals surface area contributed by atoms with E-state index in [1.54, 1.807) is 6.07 Å². The summed E-state index contributed by atoms with van der Waals surface area (Å²) in [5, 5.41) is 21.8.